The third-order valence-electron chi connectivity index (χ3n) is 3.08. The van der Waals surface area contributed by atoms with Crippen LogP contribution in [0.1, 0.15) is 24.5 Å². The smallest absolute Gasteiger partial charge is 0.311 e. The first-order valence-corrected chi connectivity index (χ1v) is 6.70. The Bertz CT molecular complexity index is 516. The number of hydrogen-bond acceptors (Lipinski definition) is 7. The summed E-state index contributed by atoms with van der Waals surface area (Å²) >= 11 is 0. The van der Waals surface area contributed by atoms with E-state index in [1.807, 2.05) is 0 Å². The second-order valence-electron chi connectivity index (χ2n) is 4.72. The standard InChI is InChI=1S/C13H21N3O6/c1-8(19)14-4-12-15-9(3-13(21)22-2)5-16(12)10(6-17)11(20)7-18/h5,10-11,17-18,20H,3-4,6-7H2,1-2H3,(H,14,19)/t10?,11-/m0/s1. The third-order valence-corrected chi connectivity index (χ3v) is 3.08. The first-order valence-electron chi connectivity index (χ1n) is 6.70. The Balaban J connectivity index is 3.08. The summed E-state index contributed by atoms with van der Waals surface area (Å²) in [5, 5.41) is 30.8. The van der Waals surface area contributed by atoms with Crippen LogP contribution in [-0.4, -0.2) is 63.2 Å². The SMILES string of the molecule is COC(=O)Cc1cn(C(CO)[C@@H](O)CO)c(CNC(C)=O)n1. The summed E-state index contributed by atoms with van der Waals surface area (Å²) in [7, 11) is 1.25. The Morgan fingerprint density at radius 1 is 1.41 bits per heavy atom. The van der Waals surface area contributed by atoms with Crippen molar-refractivity contribution >= 4 is 11.9 Å². The molecule has 0 aliphatic rings. The number of aromatic nitrogens is 2. The predicted octanol–water partition coefficient (Wildman–Crippen LogP) is -1.88. The van der Waals surface area contributed by atoms with Gasteiger partial charge < -0.3 is 29.9 Å². The number of methoxy groups -OCH3 is 1. The van der Waals surface area contributed by atoms with Gasteiger partial charge in [0, 0.05) is 13.1 Å². The van der Waals surface area contributed by atoms with Gasteiger partial charge >= 0.3 is 5.97 Å². The minimum atomic E-state index is -1.21. The molecule has 1 unspecified atom stereocenters. The summed E-state index contributed by atoms with van der Waals surface area (Å²) in [6, 6.07) is -0.840. The summed E-state index contributed by atoms with van der Waals surface area (Å²) in [6.45, 7) is 0.415. The molecule has 0 fully saturated rings. The number of ether oxygens (including phenoxy) is 1. The molecule has 2 atom stereocenters. The predicted molar refractivity (Wildman–Crippen MR) is 74.7 cm³/mol. The average Bonchev–Trinajstić information content (AvgIpc) is 2.88. The van der Waals surface area contributed by atoms with Crippen molar-refractivity contribution in [1.82, 2.24) is 14.9 Å². The number of imidazole rings is 1. The van der Waals surface area contributed by atoms with Gasteiger partial charge in [0.25, 0.3) is 0 Å². The second-order valence-corrected chi connectivity index (χ2v) is 4.72. The van der Waals surface area contributed by atoms with Gasteiger partial charge in [-0.3, -0.25) is 9.59 Å². The van der Waals surface area contributed by atoms with E-state index in [0.717, 1.165) is 0 Å². The molecule has 9 heteroatoms. The molecule has 0 radical (unpaired) electrons. The second kappa shape index (κ2) is 8.47. The molecule has 124 valence electrons. The van der Waals surface area contributed by atoms with E-state index >= 15 is 0 Å². The molecule has 1 heterocycles. The maximum Gasteiger partial charge on any atom is 0.311 e. The molecule has 0 aromatic carbocycles. The summed E-state index contributed by atoms with van der Waals surface area (Å²) < 4.78 is 6.00. The van der Waals surface area contributed by atoms with Crippen LogP contribution in [0, 0.1) is 0 Å². The van der Waals surface area contributed by atoms with E-state index < -0.39 is 31.3 Å². The normalized spacial score (nSPS) is 13.5. The summed E-state index contributed by atoms with van der Waals surface area (Å²) in [4.78, 5) is 26.5. The topological polar surface area (TPSA) is 134 Å². The number of carbonyl (C=O) groups is 2. The number of esters is 1. The number of rotatable bonds is 8. The molecule has 9 nitrogen and oxygen atoms in total. The quantitative estimate of drug-likeness (QED) is 0.413. The fraction of sp³-hybridized carbons (Fsp3) is 0.615. The first kappa shape index (κ1) is 18.1. The van der Waals surface area contributed by atoms with Gasteiger partial charge in [-0.15, -0.1) is 0 Å². The third kappa shape index (κ3) is 4.79. The number of nitrogens with zero attached hydrogens (tertiary/aromatic N) is 2. The molecule has 1 aromatic rings. The van der Waals surface area contributed by atoms with Crippen LogP contribution in [0.2, 0.25) is 0 Å². The number of aliphatic hydroxyl groups excluding tert-OH is 3. The molecule has 22 heavy (non-hydrogen) atoms. The summed E-state index contributed by atoms with van der Waals surface area (Å²) in [5.74, 6) is -0.410. The Labute approximate surface area is 127 Å². The van der Waals surface area contributed by atoms with Crippen molar-refractivity contribution in [1.29, 1.82) is 0 Å². The maximum atomic E-state index is 11.3. The van der Waals surface area contributed by atoms with Crippen LogP contribution in [-0.2, 0) is 27.3 Å². The lowest BCUT2D eigenvalue weighted by Crippen LogP contribution is -2.32. The van der Waals surface area contributed by atoms with Crippen molar-refractivity contribution in [2.24, 2.45) is 0 Å². The number of nitrogens with one attached hydrogen (secondary N) is 1. The van der Waals surface area contributed by atoms with Gasteiger partial charge in [-0.1, -0.05) is 0 Å². The van der Waals surface area contributed by atoms with Gasteiger partial charge in [0.05, 0.1) is 51.1 Å². The van der Waals surface area contributed by atoms with Crippen LogP contribution in [0.25, 0.3) is 0 Å². The monoisotopic (exact) mass is 315 g/mol. The lowest BCUT2D eigenvalue weighted by atomic mass is 10.1. The molecule has 0 spiro atoms. The minimum absolute atomic E-state index is 0.0607. The molecule has 0 saturated carbocycles. The Morgan fingerprint density at radius 3 is 2.59 bits per heavy atom. The highest BCUT2D eigenvalue weighted by Crippen LogP contribution is 2.16. The van der Waals surface area contributed by atoms with Crippen molar-refractivity contribution in [2.75, 3.05) is 20.3 Å². The van der Waals surface area contributed by atoms with Crippen molar-refractivity contribution in [3.8, 4) is 0 Å². The lowest BCUT2D eigenvalue weighted by molar-refractivity contribution is -0.139. The minimum Gasteiger partial charge on any atom is -0.469 e. The summed E-state index contributed by atoms with van der Waals surface area (Å²) in [6.07, 6.45) is 0.193. The molecule has 0 aliphatic carbocycles. The Morgan fingerprint density at radius 2 is 2.09 bits per heavy atom. The zero-order valence-corrected chi connectivity index (χ0v) is 12.5. The molecular weight excluding hydrogens is 294 g/mol. The van der Waals surface area contributed by atoms with E-state index in [1.54, 1.807) is 0 Å². The van der Waals surface area contributed by atoms with Crippen molar-refractivity contribution in [3.05, 3.63) is 17.7 Å². The molecular formula is C13H21N3O6. The van der Waals surface area contributed by atoms with Crippen molar-refractivity contribution in [3.63, 3.8) is 0 Å². The van der Waals surface area contributed by atoms with Crippen LogP contribution < -0.4 is 5.32 Å². The summed E-state index contributed by atoms with van der Waals surface area (Å²) in [5.41, 5.74) is 0.371. The molecule has 1 aromatic heterocycles. The van der Waals surface area contributed by atoms with Crippen LogP contribution in [0.15, 0.2) is 6.20 Å². The highest BCUT2D eigenvalue weighted by Gasteiger charge is 2.24. The zero-order valence-electron chi connectivity index (χ0n) is 12.5. The largest absolute Gasteiger partial charge is 0.469 e. The van der Waals surface area contributed by atoms with Crippen molar-refractivity contribution in [2.45, 2.75) is 32.0 Å². The highest BCUT2D eigenvalue weighted by atomic mass is 16.5. The molecule has 0 bridgehead atoms. The molecule has 1 amide bonds. The molecule has 0 saturated heterocycles. The Hall–Kier alpha value is -1.97. The van der Waals surface area contributed by atoms with Gasteiger partial charge in [-0.2, -0.15) is 0 Å². The van der Waals surface area contributed by atoms with E-state index in [9.17, 15) is 19.8 Å². The van der Waals surface area contributed by atoms with Crippen molar-refractivity contribution < 1.29 is 29.6 Å². The van der Waals surface area contributed by atoms with Crippen LogP contribution in [0.4, 0.5) is 0 Å². The van der Waals surface area contributed by atoms with Gasteiger partial charge in [0.2, 0.25) is 5.91 Å². The fourth-order valence-corrected chi connectivity index (χ4v) is 1.93. The molecule has 4 N–H and O–H groups in total. The first-order chi connectivity index (χ1) is 10.4. The van der Waals surface area contributed by atoms with Crippen LogP contribution in [0.5, 0.6) is 0 Å². The number of aliphatic hydroxyl groups is 3. The van der Waals surface area contributed by atoms with E-state index in [0.29, 0.717) is 11.5 Å². The van der Waals surface area contributed by atoms with Gasteiger partial charge in [0.15, 0.2) is 0 Å². The van der Waals surface area contributed by atoms with E-state index in [2.05, 4.69) is 15.0 Å². The number of carbonyl (C=O) groups excluding carboxylic acids is 2. The van der Waals surface area contributed by atoms with E-state index in [-0.39, 0.29) is 18.9 Å². The highest BCUT2D eigenvalue weighted by molar-refractivity contribution is 5.73. The fourth-order valence-electron chi connectivity index (χ4n) is 1.93. The number of amides is 1. The number of hydrogen-bond donors (Lipinski definition) is 4. The van der Waals surface area contributed by atoms with Gasteiger partial charge in [0.1, 0.15) is 5.82 Å². The maximum absolute atomic E-state index is 11.3. The van der Waals surface area contributed by atoms with E-state index in [1.165, 1.54) is 24.8 Å². The van der Waals surface area contributed by atoms with Crippen LogP contribution >= 0.6 is 0 Å². The van der Waals surface area contributed by atoms with Crippen LogP contribution in [0.3, 0.4) is 0 Å². The van der Waals surface area contributed by atoms with E-state index in [4.69, 9.17) is 5.11 Å². The molecule has 0 aliphatic heterocycles. The Kier molecular flexibility index (Phi) is 6.96. The average molecular weight is 315 g/mol. The lowest BCUT2D eigenvalue weighted by Gasteiger charge is -2.22. The molecule has 1 rings (SSSR count). The van der Waals surface area contributed by atoms with Gasteiger partial charge in [-0.25, -0.2) is 4.98 Å². The van der Waals surface area contributed by atoms with Gasteiger partial charge in [-0.05, 0) is 0 Å². The zero-order chi connectivity index (χ0) is 16.7.